The molecule has 6 rings (SSSR count). The van der Waals surface area contributed by atoms with Crippen LogP contribution in [-0.4, -0.2) is 36.5 Å². The summed E-state index contributed by atoms with van der Waals surface area (Å²) in [5, 5.41) is 9.84. The van der Waals surface area contributed by atoms with Gasteiger partial charge in [-0.05, 0) is 30.7 Å². The minimum atomic E-state index is -0.872. The number of carbonyl (C=O) groups is 2. The molecule has 4 N–H and O–H groups in total. The monoisotopic (exact) mass is 546 g/mol. The van der Waals surface area contributed by atoms with E-state index < -0.39 is 29.2 Å². The first-order valence-corrected chi connectivity index (χ1v) is 12.6. The molecule has 5 heterocycles. The second-order valence-corrected chi connectivity index (χ2v) is 9.92. The third kappa shape index (κ3) is 4.61. The number of aryl methyl sites for hydroxylation is 1. The Morgan fingerprint density at radius 1 is 1.21 bits per heavy atom. The van der Waals surface area contributed by atoms with Gasteiger partial charge >= 0.3 is 11.8 Å². The van der Waals surface area contributed by atoms with Gasteiger partial charge in [-0.2, -0.15) is 4.98 Å². The maximum Gasteiger partial charge on any atom is 0.316 e. The summed E-state index contributed by atoms with van der Waals surface area (Å²) >= 11 is 1.49. The van der Waals surface area contributed by atoms with Crippen LogP contribution in [-0.2, 0) is 17.8 Å². The Hall–Kier alpha value is -4.98. The Morgan fingerprint density at radius 3 is 2.90 bits per heavy atom. The van der Waals surface area contributed by atoms with Crippen molar-refractivity contribution in [2.45, 2.75) is 25.4 Å². The number of aromatic nitrogens is 5. The highest BCUT2D eigenvalue weighted by atomic mass is 32.1. The van der Waals surface area contributed by atoms with Gasteiger partial charge in [-0.25, -0.2) is 14.4 Å². The Kier molecular flexibility index (Phi) is 6.07. The summed E-state index contributed by atoms with van der Waals surface area (Å²) in [6.45, 7) is 0.268. The highest BCUT2D eigenvalue weighted by Gasteiger charge is 2.31. The summed E-state index contributed by atoms with van der Waals surface area (Å²) in [6, 6.07) is 8.67. The molecule has 0 bridgehead atoms. The lowest BCUT2D eigenvalue weighted by atomic mass is 10.2. The molecule has 2 amide bonds. The standard InChI is InChI=1S/C25H19FN8O4S/c26-15-4-2-1-3-14(15)21-32-24(38-33-21)23(36)31-16-11-29-20-6-5-17(34(20)25(16)37)22(35)30-10-13-7-12-9-28-19(27)8-18(12)39-13/h1-4,7-9,11,17H,5-6,10H2,(H2,27,28)(H,30,35)(H,31,36)/t17-/m0/s1. The van der Waals surface area contributed by atoms with Crippen LogP contribution in [0.25, 0.3) is 21.5 Å². The molecular formula is C25H19FN8O4S. The van der Waals surface area contributed by atoms with Crippen LogP contribution in [0.15, 0.2) is 58.1 Å². The van der Waals surface area contributed by atoms with Crippen molar-refractivity contribution < 1.29 is 18.5 Å². The molecule has 12 nitrogen and oxygen atoms in total. The van der Waals surface area contributed by atoms with Gasteiger partial charge in [-0.1, -0.05) is 17.3 Å². The van der Waals surface area contributed by atoms with Crippen LogP contribution >= 0.6 is 11.3 Å². The Morgan fingerprint density at radius 2 is 2.05 bits per heavy atom. The SMILES string of the molecule is Nc1cc2sc(CNC(=O)[C@@H]3CCc4ncc(NC(=O)c5nc(-c6ccccc6F)no5)c(=O)n43)cc2cn1. The van der Waals surface area contributed by atoms with Crippen LogP contribution in [0, 0.1) is 5.82 Å². The van der Waals surface area contributed by atoms with Crippen molar-refractivity contribution in [3.05, 3.63) is 81.6 Å². The van der Waals surface area contributed by atoms with Crippen LogP contribution in [0.5, 0.6) is 0 Å². The molecule has 0 unspecified atom stereocenters. The first-order chi connectivity index (χ1) is 18.9. The molecule has 0 radical (unpaired) electrons. The molecule has 0 aliphatic carbocycles. The van der Waals surface area contributed by atoms with Gasteiger partial charge < -0.3 is 20.9 Å². The minimum Gasteiger partial charge on any atom is -0.384 e. The van der Waals surface area contributed by atoms with Crippen molar-refractivity contribution in [2.75, 3.05) is 11.1 Å². The van der Waals surface area contributed by atoms with E-state index in [0.29, 0.717) is 24.5 Å². The average molecular weight is 547 g/mol. The molecule has 0 spiro atoms. The van der Waals surface area contributed by atoms with Gasteiger partial charge in [0.25, 0.3) is 5.56 Å². The fourth-order valence-electron chi connectivity index (χ4n) is 4.37. The number of anilines is 2. The third-order valence-corrected chi connectivity index (χ3v) is 7.32. The number of fused-ring (bicyclic) bond motifs is 2. The minimum absolute atomic E-state index is 0.0601. The van der Waals surface area contributed by atoms with E-state index in [1.165, 1.54) is 40.3 Å². The molecule has 39 heavy (non-hydrogen) atoms. The number of nitrogens with zero attached hydrogens (tertiary/aromatic N) is 5. The van der Waals surface area contributed by atoms with Gasteiger partial charge in [-0.3, -0.25) is 19.0 Å². The van der Waals surface area contributed by atoms with Crippen molar-refractivity contribution >= 4 is 44.7 Å². The predicted octanol–water partition coefficient (Wildman–Crippen LogP) is 2.68. The molecule has 4 aromatic heterocycles. The Balaban J connectivity index is 1.17. The van der Waals surface area contributed by atoms with Gasteiger partial charge in [0.05, 0.1) is 18.3 Å². The molecule has 5 aromatic rings. The van der Waals surface area contributed by atoms with E-state index in [-0.39, 0.29) is 29.5 Å². The number of amides is 2. The molecule has 1 aliphatic rings. The van der Waals surface area contributed by atoms with Crippen LogP contribution in [0.3, 0.4) is 0 Å². The number of halogens is 1. The summed E-state index contributed by atoms with van der Waals surface area (Å²) in [7, 11) is 0. The lowest BCUT2D eigenvalue weighted by Gasteiger charge is -2.15. The lowest BCUT2D eigenvalue weighted by Crippen LogP contribution is -2.36. The fraction of sp³-hybridized carbons (Fsp3) is 0.160. The zero-order valence-corrected chi connectivity index (χ0v) is 20.9. The molecule has 0 saturated carbocycles. The third-order valence-electron chi connectivity index (χ3n) is 6.22. The number of nitrogens with two attached hydrogens (primary N) is 1. The number of benzene rings is 1. The van der Waals surface area contributed by atoms with Crippen molar-refractivity contribution in [2.24, 2.45) is 0 Å². The molecule has 1 aromatic carbocycles. The number of pyridine rings is 1. The van der Waals surface area contributed by atoms with Crippen LogP contribution < -0.4 is 21.9 Å². The quantitative estimate of drug-likeness (QED) is 0.290. The Bertz CT molecular complexity index is 1810. The zero-order valence-electron chi connectivity index (χ0n) is 20.1. The second-order valence-electron chi connectivity index (χ2n) is 8.75. The highest BCUT2D eigenvalue weighted by molar-refractivity contribution is 7.19. The van der Waals surface area contributed by atoms with Crippen LogP contribution in [0.2, 0.25) is 0 Å². The van der Waals surface area contributed by atoms with Gasteiger partial charge in [0.15, 0.2) is 0 Å². The van der Waals surface area contributed by atoms with Crippen molar-refractivity contribution in [1.29, 1.82) is 0 Å². The number of nitrogen functional groups attached to an aromatic ring is 1. The van der Waals surface area contributed by atoms with E-state index in [1.54, 1.807) is 18.3 Å². The van der Waals surface area contributed by atoms with E-state index in [0.717, 1.165) is 15.0 Å². The molecule has 196 valence electrons. The van der Waals surface area contributed by atoms with E-state index >= 15 is 0 Å². The highest BCUT2D eigenvalue weighted by Crippen LogP contribution is 2.27. The van der Waals surface area contributed by atoms with Gasteiger partial charge in [0, 0.05) is 27.6 Å². The lowest BCUT2D eigenvalue weighted by molar-refractivity contribution is -0.124. The second kappa shape index (κ2) is 9.72. The normalized spacial score (nSPS) is 14.3. The molecule has 1 aliphatic heterocycles. The van der Waals surface area contributed by atoms with Crippen molar-refractivity contribution in [3.63, 3.8) is 0 Å². The molecule has 1 atom stereocenters. The van der Waals surface area contributed by atoms with Crippen molar-refractivity contribution in [1.82, 2.24) is 30.0 Å². The van der Waals surface area contributed by atoms with E-state index in [4.69, 9.17) is 10.3 Å². The summed E-state index contributed by atoms with van der Waals surface area (Å²) < 4.78 is 21.2. The summed E-state index contributed by atoms with van der Waals surface area (Å²) in [6.07, 6.45) is 3.70. The topological polar surface area (TPSA) is 171 Å². The number of nitrogens with one attached hydrogen (secondary N) is 2. The molecule has 0 saturated heterocycles. The summed E-state index contributed by atoms with van der Waals surface area (Å²) in [5.41, 5.74) is 5.04. The van der Waals surface area contributed by atoms with Crippen LogP contribution in [0.1, 0.15) is 33.8 Å². The number of carbonyl (C=O) groups excluding carboxylic acids is 2. The maximum atomic E-state index is 14.0. The van der Waals surface area contributed by atoms with Crippen LogP contribution in [0.4, 0.5) is 15.9 Å². The van der Waals surface area contributed by atoms with Crippen molar-refractivity contribution in [3.8, 4) is 11.4 Å². The molecule has 0 fully saturated rings. The van der Waals surface area contributed by atoms with E-state index in [9.17, 15) is 18.8 Å². The fourth-order valence-corrected chi connectivity index (χ4v) is 5.39. The first kappa shape index (κ1) is 24.4. The molecule has 14 heteroatoms. The number of rotatable bonds is 6. The number of hydrogen-bond donors (Lipinski definition) is 3. The van der Waals surface area contributed by atoms with E-state index in [1.807, 2.05) is 6.07 Å². The Labute approximate surface area is 222 Å². The van der Waals surface area contributed by atoms with E-state index in [2.05, 4.69) is 30.7 Å². The van der Waals surface area contributed by atoms with Gasteiger partial charge in [0.1, 0.15) is 29.2 Å². The summed E-state index contributed by atoms with van der Waals surface area (Å²) in [4.78, 5) is 52.1. The molecular weight excluding hydrogens is 527 g/mol. The summed E-state index contributed by atoms with van der Waals surface area (Å²) in [5.74, 6) is -1.52. The average Bonchev–Trinajstić information content (AvgIpc) is 3.67. The largest absolute Gasteiger partial charge is 0.384 e. The first-order valence-electron chi connectivity index (χ1n) is 11.8. The number of hydrogen-bond acceptors (Lipinski definition) is 10. The maximum absolute atomic E-state index is 14.0. The zero-order chi connectivity index (χ0) is 27.1. The number of thiophene rings is 1. The smallest absolute Gasteiger partial charge is 0.316 e. The van der Waals surface area contributed by atoms with Gasteiger partial charge in [-0.15, -0.1) is 11.3 Å². The van der Waals surface area contributed by atoms with Gasteiger partial charge in [0.2, 0.25) is 11.7 Å². The predicted molar refractivity (Wildman–Crippen MR) is 139 cm³/mol.